The van der Waals surface area contributed by atoms with Gasteiger partial charge in [-0.05, 0) is 62.6 Å². The van der Waals surface area contributed by atoms with E-state index >= 15 is 0 Å². The molecular formula is C23H29N3O2S2. The van der Waals surface area contributed by atoms with Crippen molar-refractivity contribution in [3.05, 3.63) is 60.6 Å². The first-order valence-corrected chi connectivity index (χ1v) is 12.1. The summed E-state index contributed by atoms with van der Waals surface area (Å²) in [6.07, 6.45) is 10.3. The molecule has 1 saturated carbocycles. The molecule has 2 N–H and O–H groups in total. The van der Waals surface area contributed by atoms with E-state index in [2.05, 4.69) is 61.0 Å². The summed E-state index contributed by atoms with van der Waals surface area (Å²) in [6, 6.07) is 4.05. The van der Waals surface area contributed by atoms with Gasteiger partial charge in [0.2, 0.25) is 0 Å². The van der Waals surface area contributed by atoms with Crippen LogP contribution < -0.4 is 21.8 Å². The number of thioether (sulfide) groups is 1. The zero-order valence-corrected chi connectivity index (χ0v) is 19.6. The minimum absolute atomic E-state index is 0.105. The van der Waals surface area contributed by atoms with E-state index in [0.717, 1.165) is 30.0 Å². The van der Waals surface area contributed by atoms with Crippen molar-refractivity contribution in [2.45, 2.75) is 30.9 Å². The van der Waals surface area contributed by atoms with Crippen molar-refractivity contribution in [2.24, 2.45) is 16.7 Å². The number of allylic oxidation sites excluding steroid dienone is 2. The molecule has 7 heteroatoms. The van der Waals surface area contributed by atoms with Gasteiger partial charge in [-0.15, -0.1) is 23.1 Å². The highest BCUT2D eigenvalue weighted by molar-refractivity contribution is 8.01. The van der Waals surface area contributed by atoms with Crippen molar-refractivity contribution in [3.8, 4) is 0 Å². The van der Waals surface area contributed by atoms with Crippen LogP contribution in [0.15, 0.2) is 38.1 Å². The van der Waals surface area contributed by atoms with E-state index in [1.807, 2.05) is 12.1 Å². The van der Waals surface area contributed by atoms with E-state index in [9.17, 15) is 9.59 Å². The van der Waals surface area contributed by atoms with Crippen molar-refractivity contribution in [3.63, 3.8) is 0 Å². The van der Waals surface area contributed by atoms with Crippen LogP contribution in [0, 0.1) is 16.7 Å². The van der Waals surface area contributed by atoms with Crippen LogP contribution in [0.2, 0.25) is 0 Å². The molecule has 2 aromatic rings. The maximum absolute atomic E-state index is 12.7. The Morgan fingerprint density at radius 2 is 1.93 bits per heavy atom. The van der Waals surface area contributed by atoms with Crippen LogP contribution >= 0.6 is 23.1 Å². The number of thiophene rings is 1. The minimum Gasteiger partial charge on any atom is -0.316 e. The maximum Gasteiger partial charge on any atom is 0.272 e. The van der Waals surface area contributed by atoms with E-state index in [1.54, 1.807) is 29.2 Å². The van der Waals surface area contributed by atoms with Gasteiger partial charge in [-0.25, -0.2) is 0 Å². The highest BCUT2D eigenvalue weighted by Crippen LogP contribution is 2.65. The lowest BCUT2D eigenvalue weighted by Gasteiger charge is -2.62. The second-order valence-electron chi connectivity index (χ2n) is 9.13. The second-order valence-corrected chi connectivity index (χ2v) is 11.6. The summed E-state index contributed by atoms with van der Waals surface area (Å²) in [5.41, 5.74) is -0.552. The van der Waals surface area contributed by atoms with Gasteiger partial charge in [-0.1, -0.05) is 26.0 Å². The Bertz CT molecular complexity index is 1200. The van der Waals surface area contributed by atoms with Gasteiger partial charge >= 0.3 is 0 Å². The van der Waals surface area contributed by atoms with Crippen molar-refractivity contribution >= 4 is 35.3 Å². The van der Waals surface area contributed by atoms with Gasteiger partial charge in [0.15, 0.2) is 0 Å². The van der Waals surface area contributed by atoms with Gasteiger partial charge in [0, 0.05) is 22.6 Å². The summed E-state index contributed by atoms with van der Waals surface area (Å²) in [5.74, 6) is 1.66. The molecule has 30 heavy (non-hydrogen) atoms. The van der Waals surface area contributed by atoms with Crippen LogP contribution in [0.4, 0.5) is 0 Å². The largest absolute Gasteiger partial charge is 0.316 e. The zero-order chi connectivity index (χ0) is 21.5. The second kappa shape index (κ2) is 8.02. The molecule has 0 aliphatic heterocycles. The van der Waals surface area contributed by atoms with E-state index in [0.29, 0.717) is 16.6 Å². The number of hydrogen-bond acceptors (Lipinski definition) is 5. The van der Waals surface area contributed by atoms with Gasteiger partial charge in [-0.3, -0.25) is 9.59 Å². The quantitative estimate of drug-likeness (QED) is 0.531. The average Bonchev–Trinajstić information content (AvgIpc) is 3.13. The molecule has 160 valence electrons. The third-order valence-corrected chi connectivity index (χ3v) is 8.94. The van der Waals surface area contributed by atoms with Crippen LogP contribution in [0.5, 0.6) is 0 Å². The lowest BCUT2D eigenvalue weighted by molar-refractivity contribution is -0.0451. The molecule has 0 aromatic carbocycles. The Hall–Kier alpha value is -1.83. The first-order valence-electron chi connectivity index (χ1n) is 10.3. The van der Waals surface area contributed by atoms with Crippen LogP contribution in [-0.4, -0.2) is 41.3 Å². The molecular weight excluding hydrogens is 414 g/mol. The number of nitrogens with zero attached hydrogens (tertiary/aromatic N) is 1. The highest BCUT2D eigenvalue weighted by Gasteiger charge is 2.58. The number of nitrogens with one attached hydrogen (secondary N) is 2. The Kier molecular flexibility index (Phi) is 5.72. The van der Waals surface area contributed by atoms with E-state index in [1.165, 1.54) is 4.21 Å². The predicted octanol–water partition coefficient (Wildman–Crippen LogP) is 2.38. The summed E-state index contributed by atoms with van der Waals surface area (Å²) in [4.78, 5) is 34.1. The molecule has 5 rings (SSSR count). The molecule has 0 radical (unpaired) electrons. The van der Waals surface area contributed by atoms with Crippen LogP contribution in [-0.2, 0) is 0 Å². The first-order chi connectivity index (χ1) is 14.2. The fraction of sp³-hybridized carbons (Fsp3) is 0.478. The van der Waals surface area contributed by atoms with E-state index in [-0.39, 0.29) is 21.9 Å². The molecule has 3 aliphatic carbocycles. The summed E-state index contributed by atoms with van der Waals surface area (Å²) >= 11 is 3.43. The third kappa shape index (κ3) is 3.90. The number of aromatic nitrogens is 2. The van der Waals surface area contributed by atoms with Crippen molar-refractivity contribution in [2.75, 3.05) is 26.4 Å². The minimum atomic E-state index is -0.263. The molecule has 5 nitrogen and oxygen atoms in total. The standard InChI is InChI=1S/C23H29N3O2S2/c1-22(2)15-6-5-9-23(22,13-15)14-18-21(28)24-17(20(27)25-18)12-16-7-8-19(30-16)29-11-10-26(3)4/h5,7-9,12,14-15H,6,10-11,13H2,1-4H3,(H,24,28)(H,25,27)/b17-12-,18-14-. The normalized spacial score (nSPS) is 25.7. The highest BCUT2D eigenvalue weighted by atomic mass is 32.2. The molecule has 0 amide bonds. The Morgan fingerprint density at radius 1 is 1.20 bits per heavy atom. The van der Waals surface area contributed by atoms with Gasteiger partial charge in [0.05, 0.1) is 4.21 Å². The van der Waals surface area contributed by atoms with E-state index < -0.39 is 0 Å². The molecule has 0 saturated heterocycles. The molecule has 2 atom stereocenters. The lowest BCUT2D eigenvalue weighted by atomic mass is 9.42. The van der Waals surface area contributed by atoms with Gasteiger partial charge < -0.3 is 14.9 Å². The van der Waals surface area contributed by atoms with Crippen molar-refractivity contribution in [1.29, 1.82) is 0 Å². The number of H-pyrrole nitrogens is 2. The predicted molar refractivity (Wildman–Crippen MR) is 127 cm³/mol. The number of fused-ring (bicyclic) bond motifs is 1. The fourth-order valence-corrected chi connectivity index (χ4v) is 6.76. The zero-order valence-electron chi connectivity index (χ0n) is 18.0. The summed E-state index contributed by atoms with van der Waals surface area (Å²) < 4.78 is 1.21. The van der Waals surface area contributed by atoms with Crippen molar-refractivity contribution in [1.82, 2.24) is 14.9 Å². The van der Waals surface area contributed by atoms with Gasteiger partial charge in [0.25, 0.3) is 11.1 Å². The number of hydrogen-bond donors (Lipinski definition) is 2. The molecule has 2 aromatic heterocycles. The average molecular weight is 444 g/mol. The van der Waals surface area contributed by atoms with Crippen LogP contribution in [0.1, 0.15) is 31.6 Å². The molecule has 1 fully saturated rings. The fourth-order valence-electron chi connectivity index (χ4n) is 4.49. The van der Waals surface area contributed by atoms with E-state index in [4.69, 9.17) is 0 Å². The molecule has 2 heterocycles. The number of rotatable bonds is 6. The Morgan fingerprint density at radius 3 is 2.63 bits per heavy atom. The Balaban J connectivity index is 1.62. The third-order valence-electron chi connectivity index (χ3n) is 6.70. The van der Waals surface area contributed by atoms with Crippen LogP contribution in [0.25, 0.3) is 12.2 Å². The monoisotopic (exact) mass is 443 g/mol. The van der Waals surface area contributed by atoms with Gasteiger partial charge in [-0.2, -0.15) is 0 Å². The lowest BCUT2D eigenvalue weighted by Crippen LogP contribution is -2.56. The molecule has 2 bridgehead atoms. The smallest absolute Gasteiger partial charge is 0.272 e. The van der Waals surface area contributed by atoms with Gasteiger partial charge in [0.1, 0.15) is 10.7 Å². The Labute approximate surface area is 184 Å². The summed E-state index contributed by atoms with van der Waals surface area (Å²) in [5, 5.41) is 0.660. The molecule has 2 unspecified atom stereocenters. The molecule has 0 spiro atoms. The summed E-state index contributed by atoms with van der Waals surface area (Å²) in [7, 11) is 4.12. The first kappa shape index (κ1) is 21.4. The molecule has 3 aliphatic rings. The van der Waals surface area contributed by atoms with Crippen molar-refractivity contribution < 1.29 is 0 Å². The topological polar surface area (TPSA) is 69.0 Å². The SMILES string of the molecule is CN(C)CCSc1ccc(/C=c2\[nH]c(=O)/c(=C/C34C=CCC(C3)C4(C)C)[nH]c2=O)s1. The number of aromatic amines is 2. The summed E-state index contributed by atoms with van der Waals surface area (Å²) in [6.45, 7) is 5.52. The van der Waals surface area contributed by atoms with Crippen LogP contribution in [0.3, 0.4) is 0 Å². The maximum atomic E-state index is 12.7.